The third kappa shape index (κ3) is 5.89. The lowest BCUT2D eigenvalue weighted by molar-refractivity contribution is -0.107. The molecule has 0 aliphatic rings. The molecule has 2 radical (unpaired) electrons. The van der Waals surface area contributed by atoms with Crippen LogP contribution in [0.4, 0.5) is 0 Å². The average Bonchev–Trinajstić information content (AvgIpc) is 2.49. The van der Waals surface area contributed by atoms with Gasteiger partial charge in [0, 0.05) is 17.8 Å². The Balaban J connectivity index is 0.000000304. The molecule has 2 N–H and O–H groups in total. The van der Waals surface area contributed by atoms with Crippen molar-refractivity contribution in [3.8, 4) is 0 Å². The smallest absolute Gasteiger partial charge is 0.144 e. The van der Waals surface area contributed by atoms with Crippen LogP contribution in [0.15, 0.2) is 12.3 Å². The molecule has 0 spiro atoms. The van der Waals surface area contributed by atoms with Gasteiger partial charge in [-0.25, -0.2) is 0 Å². The van der Waals surface area contributed by atoms with E-state index >= 15 is 0 Å². The zero-order valence-corrected chi connectivity index (χ0v) is 11.6. The van der Waals surface area contributed by atoms with Gasteiger partial charge >= 0.3 is 0 Å². The molecule has 1 aromatic rings. The predicted octanol–water partition coefficient (Wildman–Crippen LogP) is 0.786. The molecule has 0 saturated heterocycles. The van der Waals surface area contributed by atoms with Crippen molar-refractivity contribution in [3.63, 3.8) is 0 Å². The molecule has 5 heteroatoms. The van der Waals surface area contributed by atoms with E-state index in [-0.39, 0.29) is 0 Å². The molecule has 0 aliphatic carbocycles. The monoisotopic (exact) mass is 238 g/mol. The van der Waals surface area contributed by atoms with Crippen LogP contribution in [0.1, 0.15) is 47.6 Å². The summed E-state index contributed by atoms with van der Waals surface area (Å²) in [6.45, 7) is 10.4. The second kappa shape index (κ2) is 5.69. The van der Waals surface area contributed by atoms with Gasteiger partial charge in [-0.1, -0.05) is 0 Å². The minimum atomic E-state index is -1.01. The number of nitrogens with zero attached hydrogens (tertiary/aromatic N) is 2. The zero-order valence-electron chi connectivity index (χ0n) is 11.6. The first-order valence-corrected chi connectivity index (χ1v) is 5.70. The Hall–Kier alpha value is -0.805. The van der Waals surface area contributed by atoms with Crippen LogP contribution < -0.4 is 5.59 Å². The quantitative estimate of drug-likeness (QED) is 0.749. The van der Waals surface area contributed by atoms with Crippen molar-refractivity contribution in [3.05, 3.63) is 12.3 Å². The standard InChI is InChI=1S/C6H9BN2.C6H14O2/c1-5(2)9-4-3-6(7)8-9;1-5(2,7)6(3,4)8/h3-5H,1-2H3;7-8H,1-4H3. The van der Waals surface area contributed by atoms with E-state index in [0.717, 1.165) is 0 Å². The van der Waals surface area contributed by atoms with E-state index in [1.807, 2.05) is 10.9 Å². The highest BCUT2D eigenvalue weighted by Crippen LogP contribution is 2.19. The second-order valence-electron chi connectivity index (χ2n) is 5.43. The maximum absolute atomic E-state index is 9.10. The fraction of sp³-hybridized carbons (Fsp3) is 0.750. The molecular weight excluding hydrogens is 215 g/mol. The first-order chi connectivity index (χ1) is 7.45. The van der Waals surface area contributed by atoms with Crippen molar-refractivity contribution in [2.24, 2.45) is 0 Å². The van der Waals surface area contributed by atoms with Gasteiger partial charge in [-0.05, 0) is 47.6 Å². The topological polar surface area (TPSA) is 58.3 Å². The number of hydrogen-bond donors (Lipinski definition) is 2. The molecule has 0 aliphatic heterocycles. The van der Waals surface area contributed by atoms with Gasteiger partial charge in [0.2, 0.25) is 0 Å². The van der Waals surface area contributed by atoms with Gasteiger partial charge < -0.3 is 10.2 Å². The number of rotatable bonds is 2. The Morgan fingerprint density at radius 1 is 1.18 bits per heavy atom. The second-order valence-corrected chi connectivity index (χ2v) is 5.43. The van der Waals surface area contributed by atoms with Gasteiger partial charge in [-0.3, -0.25) is 4.68 Å². The molecule has 1 heterocycles. The van der Waals surface area contributed by atoms with Crippen LogP contribution in [0.25, 0.3) is 0 Å². The number of aromatic nitrogens is 2. The molecule has 0 saturated carbocycles. The Labute approximate surface area is 105 Å². The summed E-state index contributed by atoms with van der Waals surface area (Å²) in [4.78, 5) is 0. The summed E-state index contributed by atoms with van der Waals surface area (Å²) >= 11 is 0. The minimum Gasteiger partial charge on any atom is -0.387 e. The Morgan fingerprint density at radius 2 is 1.59 bits per heavy atom. The van der Waals surface area contributed by atoms with Gasteiger partial charge in [-0.15, -0.1) is 0 Å². The third-order valence-corrected chi connectivity index (χ3v) is 2.66. The van der Waals surface area contributed by atoms with E-state index in [1.165, 1.54) is 0 Å². The highest BCUT2D eigenvalue weighted by molar-refractivity contribution is 6.30. The molecule has 1 rings (SSSR count). The summed E-state index contributed by atoms with van der Waals surface area (Å²) in [6, 6.07) is 2.20. The summed E-state index contributed by atoms with van der Waals surface area (Å²) in [5.74, 6) is 0. The van der Waals surface area contributed by atoms with E-state index in [9.17, 15) is 0 Å². The molecule has 0 fully saturated rings. The van der Waals surface area contributed by atoms with Crippen LogP contribution >= 0.6 is 0 Å². The molecule has 96 valence electrons. The van der Waals surface area contributed by atoms with E-state index in [4.69, 9.17) is 18.1 Å². The summed E-state index contributed by atoms with van der Waals surface area (Å²) in [5.41, 5.74) is -1.43. The largest absolute Gasteiger partial charge is 0.387 e. The zero-order chi connectivity index (χ0) is 13.9. The Morgan fingerprint density at radius 3 is 1.71 bits per heavy atom. The lowest BCUT2D eigenvalue weighted by atomic mass is 9.90. The van der Waals surface area contributed by atoms with Crippen LogP contribution in [0.5, 0.6) is 0 Å². The molecule has 0 bridgehead atoms. The molecule has 0 amide bonds. The lowest BCUT2D eigenvalue weighted by Gasteiger charge is -2.31. The Bertz CT molecular complexity index is 323. The van der Waals surface area contributed by atoms with Gasteiger partial charge in [0.1, 0.15) is 7.85 Å². The van der Waals surface area contributed by atoms with E-state index in [0.29, 0.717) is 11.6 Å². The van der Waals surface area contributed by atoms with Gasteiger partial charge in [0.05, 0.1) is 11.2 Å². The minimum absolute atomic E-state index is 0.405. The first-order valence-electron chi connectivity index (χ1n) is 5.70. The lowest BCUT2D eigenvalue weighted by Crippen LogP contribution is -2.44. The molecule has 1 aromatic heterocycles. The van der Waals surface area contributed by atoms with Crippen molar-refractivity contribution >= 4 is 13.4 Å². The van der Waals surface area contributed by atoms with Crippen molar-refractivity contribution in [2.75, 3.05) is 0 Å². The summed E-state index contributed by atoms with van der Waals surface area (Å²) in [7, 11) is 5.38. The maximum atomic E-state index is 9.10. The van der Waals surface area contributed by atoms with Crippen LogP contribution in [-0.4, -0.2) is 39.0 Å². The summed E-state index contributed by atoms with van der Waals surface area (Å²) < 4.78 is 1.83. The SMILES string of the molecule is CC(C)(O)C(C)(C)O.[B]c1ccn(C(C)C)n1. The summed E-state index contributed by atoms with van der Waals surface area (Å²) in [5, 5.41) is 22.2. The van der Waals surface area contributed by atoms with Gasteiger partial charge in [0.25, 0.3) is 0 Å². The molecule has 0 atom stereocenters. The highest BCUT2D eigenvalue weighted by Gasteiger charge is 2.31. The van der Waals surface area contributed by atoms with Crippen LogP contribution in [0, 0.1) is 0 Å². The van der Waals surface area contributed by atoms with E-state index in [2.05, 4.69) is 18.9 Å². The first kappa shape index (κ1) is 16.2. The number of aliphatic hydroxyl groups is 2. The van der Waals surface area contributed by atoms with Crippen molar-refractivity contribution in [2.45, 2.75) is 58.8 Å². The average molecular weight is 238 g/mol. The predicted molar refractivity (Wildman–Crippen MR) is 70.6 cm³/mol. The van der Waals surface area contributed by atoms with Crippen LogP contribution in [0.3, 0.4) is 0 Å². The molecular formula is C12H23BN2O2. The molecule has 0 aromatic carbocycles. The van der Waals surface area contributed by atoms with Gasteiger partial charge in [0.15, 0.2) is 0 Å². The fourth-order valence-corrected chi connectivity index (χ4v) is 0.640. The van der Waals surface area contributed by atoms with Crippen LogP contribution in [-0.2, 0) is 0 Å². The Kier molecular flexibility index (Phi) is 5.42. The van der Waals surface area contributed by atoms with Crippen molar-refractivity contribution in [1.82, 2.24) is 9.78 Å². The molecule has 0 unspecified atom stereocenters. The van der Waals surface area contributed by atoms with Crippen molar-refractivity contribution < 1.29 is 10.2 Å². The third-order valence-electron chi connectivity index (χ3n) is 2.66. The van der Waals surface area contributed by atoms with Crippen LogP contribution in [0.2, 0.25) is 0 Å². The highest BCUT2D eigenvalue weighted by atomic mass is 16.3. The van der Waals surface area contributed by atoms with Gasteiger partial charge in [-0.2, -0.15) is 5.10 Å². The van der Waals surface area contributed by atoms with E-state index < -0.39 is 11.2 Å². The number of hydrogen-bond acceptors (Lipinski definition) is 3. The van der Waals surface area contributed by atoms with E-state index in [1.54, 1.807) is 33.8 Å². The maximum Gasteiger partial charge on any atom is 0.144 e. The normalized spacial score (nSPS) is 12.3. The van der Waals surface area contributed by atoms with Crippen molar-refractivity contribution in [1.29, 1.82) is 0 Å². The fourth-order valence-electron chi connectivity index (χ4n) is 0.640. The molecule has 4 nitrogen and oxygen atoms in total. The summed E-state index contributed by atoms with van der Waals surface area (Å²) in [6.07, 6.45) is 1.88. The molecule has 17 heavy (non-hydrogen) atoms.